The molecule has 0 radical (unpaired) electrons. The Kier molecular flexibility index (Phi) is 2.66. The molecule has 0 bridgehead atoms. The third-order valence-corrected chi connectivity index (χ3v) is 2.12. The Balaban J connectivity index is 2.29. The Morgan fingerprint density at radius 1 is 0.800 bits per heavy atom. The fourth-order valence-electron chi connectivity index (χ4n) is 1.40. The quantitative estimate of drug-likeness (QED) is 0.689. The topological polar surface area (TPSA) is 33.0 Å². The maximum Gasteiger partial charge on any atom is 0.292 e. The molecule has 0 N–H and O–H groups in total. The molecule has 2 aromatic carbocycles. The molecule has 0 spiro atoms. The van der Waals surface area contributed by atoms with Gasteiger partial charge in [0.1, 0.15) is 5.75 Å². The van der Waals surface area contributed by atoms with E-state index in [0.29, 0.717) is 5.75 Å². The van der Waals surface area contributed by atoms with E-state index in [1.54, 1.807) is 18.4 Å². The fourth-order valence-corrected chi connectivity index (χ4v) is 1.40. The number of rotatable bonds is 2. The first-order chi connectivity index (χ1) is 7.40. The van der Waals surface area contributed by atoms with Gasteiger partial charge >= 0.3 is 0 Å². The first-order valence-corrected chi connectivity index (χ1v) is 4.61. The largest absolute Gasteiger partial charge is 0.388 e. The van der Waals surface area contributed by atoms with Crippen molar-refractivity contribution in [2.24, 2.45) is 0 Å². The molecule has 0 saturated carbocycles. The Hall–Kier alpha value is -2.27. The van der Waals surface area contributed by atoms with Crippen LogP contribution in [0, 0.1) is 11.5 Å². The Morgan fingerprint density at radius 2 is 1.40 bits per heavy atom. The van der Waals surface area contributed by atoms with Gasteiger partial charge < -0.3 is 4.74 Å². The van der Waals surface area contributed by atoms with E-state index in [-0.39, 0.29) is 0 Å². The van der Waals surface area contributed by atoms with Crippen molar-refractivity contribution in [3.05, 3.63) is 54.6 Å². The van der Waals surface area contributed by atoms with Crippen LogP contribution in [0.4, 0.5) is 0 Å². The summed E-state index contributed by atoms with van der Waals surface area (Å²) in [6.45, 7) is 0. The highest BCUT2D eigenvalue weighted by Gasteiger charge is 1.97. The van der Waals surface area contributed by atoms with E-state index in [1.165, 1.54) is 0 Å². The molecule has 15 heavy (non-hydrogen) atoms. The van der Waals surface area contributed by atoms with Crippen LogP contribution < -0.4 is 4.74 Å². The predicted molar refractivity (Wildman–Crippen MR) is 58.1 cm³/mol. The SMILES string of the molecule is N#COc1ccc(-c2ccccc2)cc1. The monoisotopic (exact) mass is 195 g/mol. The van der Waals surface area contributed by atoms with Crippen molar-refractivity contribution in [1.82, 2.24) is 0 Å². The summed E-state index contributed by atoms with van der Waals surface area (Å²) >= 11 is 0. The van der Waals surface area contributed by atoms with Crippen LogP contribution in [0.15, 0.2) is 54.6 Å². The van der Waals surface area contributed by atoms with Crippen LogP contribution in [-0.4, -0.2) is 0 Å². The van der Waals surface area contributed by atoms with Crippen molar-refractivity contribution in [3.8, 4) is 23.1 Å². The summed E-state index contributed by atoms with van der Waals surface area (Å²) in [5.41, 5.74) is 2.27. The lowest BCUT2D eigenvalue weighted by Crippen LogP contribution is -1.81. The van der Waals surface area contributed by atoms with Crippen molar-refractivity contribution >= 4 is 0 Å². The van der Waals surface area contributed by atoms with E-state index < -0.39 is 0 Å². The summed E-state index contributed by atoms with van der Waals surface area (Å²) in [6.07, 6.45) is 1.64. The van der Waals surface area contributed by atoms with Gasteiger partial charge in [-0.3, -0.25) is 0 Å². The molecule has 0 amide bonds. The van der Waals surface area contributed by atoms with E-state index in [2.05, 4.69) is 0 Å². The van der Waals surface area contributed by atoms with Gasteiger partial charge in [-0.05, 0) is 23.3 Å². The lowest BCUT2D eigenvalue weighted by Gasteiger charge is -2.01. The zero-order valence-corrected chi connectivity index (χ0v) is 8.05. The number of benzene rings is 2. The van der Waals surface area contributed by atoms with Crippen LogP contribution >= 0.6 is 0 Å². The minimum Gasteiger partial charge on any atom is -0.388 e. The summed E-state index contributed by atoms with van der Waals surface area (Å²) in [6, 6.07) is 17.5. The molecule has 0 fully saturated rings. The zero-order chi connectivity index (χ0) is 10.5. The van der Waals surface area contributed by atoms with Crippen LogP contribution in [0.3, 0.4) is 0 Å². The van der Waals surface area contributed by atoms with Gasteiger partial charge in [-0.25, -0.2) is 0 Å². The number of hydrogen-bond acceptors (Lipinski definition) is 2. The van der Waals surface area contributed by atoms with Crippen molar-refractivity contribution in [1.29, 1.82) is 5.26 Å². The second-order valence-electron chi connectivity index (χ2n) is 3.08. The molecule has 0 heterocycles. The average molecular weight is 195 g/mol. The van der Waals surface area contributed by atoms with Crippen molar-refractivity contribution in [3.63, 3.8) is 0 Å². The molecular weight excluding hydrogens is 186 g/mol. The Morgan fingerprint density at radius 3 is 2.00 bits per heavy atom. The highest BCUT2D eigenvalue weighted by molar-refractivity contribution is 5.63. The van der Waals surface area contributed by atoms with Gasteiger partial charge in [0.2, 0.25) is 0 Å². The Bertz CT molecular complexity index is 468. The molecule has 2 heteroatoms. The molecule has 0 saturated heterocycles. The summed E-state index contributed by atoms with van der Waals surface area (Å²) in [7, 11) is 0. The summed E-state index contributed by atoms with van der Waals surface area (Å²) in [4.78, 5) is 0. The standard InChI is InChI=1S/C13H9NO/c14-10-15-13-8-6-12(7-9-13)11-4-2-1-3-5-11/h1-9H. The van der Waals surface area contributed by atoms with Crippen LogP contribution in [0.25, 0.3) is 11.1 Å². The minimum atomic E-state index is 0.567. The van der Waals surface area contributed by atoms with Gasteiger partial charge in [-0.1, -0.05) is 42.5 Å². The van der Waals surface area contributed by atoms with E-state index in [0.717, 1.165) is 11.1 Å². The number of nitrogens with zero attached hydrogens (tertiary/aromatic N) is 1. The van der Waals surface area contributed by atoms with Crippen molar-refractivity contribution in [2.75, 3.05) is 0 Å². The second kappa shape index (κ2) is 4.30. The molecule has 72 valence electrons. The maximum absolute atomic E-state index is 8.33. The Labute approximate surface area is 88.4 Å². The van der Waals surface area contributed by atoms with E-state index in [4.69, 9.17) is 10.00 Å². The van der Waals surface area contributed by atoms with Crippen LogP contribution in [-0.2, 0) is 0 Å². The van der Waals surface area contributed by atoms with Crippen LogP contribution in [0.1, 0.15) is 0 Å². The lowest BCUT2D eigenvalue weighted by atomic mass is 10.1. The fraction of sp³-hybridized carbons (Fsp3) is 0. The first-order valence-electron chi connectivity index (χ1n) is 4.61. The third-order valence-electron chi connectivity index (χ3n) is 2.12. The molecule has 0 aliphatic heterocycles. The van der Waals surface area contributed by atoms with Gasteiger partial charge in [0.15, 0.2) is 0 Å². The van der Waals surface area contributed by atoms with Crippen molar-refractivity contribution < 1.29 is 4.74 Å². The van der Waals surface area contributed by atoms with E-state index in [1.807, 2.05) is 42.5 Å². The van der Waals surface area contributed by atoms with Gasteiger partial charge in [-0.15, -0.1) is 5.26 Å². The second-order valence-corrected chi connectivity index (χ2v) is 3.08. The average Bonchev–Trinajstić information content (AvgIpc) is 2.32. The first kappa shape index (κ1) is 9.29. The molecule has 0 aliphatic rings. The highest BCUT2D eigenvalue weighted by Crippen LogP contribution is 2.21. The normalized spacial score (nSPS) is 9.27. The molecule has 2 aromatic rings. The number of ether oxygens (including phenoxy) is 1. The number of nitriles is 1. The lowest BCUT2D eigenvalue weighted by molar-refractivity contribution is 0.507. The van der Waals surface area contributed by atoms with Crippen molar-refractivity contribution in [2.45, 2.75) is 0 Å². The van der Waals surface area contributed by atoms with Crippen LogP contribution in [0.2, 0.25) is 0 Å². The molecule has 0 aliphatic carbocycles. The number of hydrogen-bond donors (Lipinski definition) is 0. The predicted octanol–water partition coefficient (Wildman–Crippen LogP) is 3.21. The molecule has 2 rings (SSSR count). The van der Waals surface area contributed by atoms with Gasteiger partial charge in [0, 0.05) is 0 Å². The summed E-state index contributed by atoms with van der Waals surface area (Å²) in [5, 5.41) is 8.33. The molecular formula is C13H9NO. The third kappa shape index (κ3) is 2.15. The highest BCUT2D eigenvalue weighted by atomic mass is 16.5. The molecule has 2 nitrogen and oxygen atoms in total. The minimum absolute atomic E-state index is 0.567. The van der Waals surface area contributed by atoms with E-state index >= 15 is 0 Å². The zero-order valence-electron chi connectivity index (χ0n) is 8.05. The van der Waals surface area contributed by atoms with Gasteiger partial charge in [0.05, 0.1) is 0 Å². The maximum atomic E-state index is 8.33. The smallest absolute Gasteiger partial charge is 0.292 e. The van der Waals surface area contributed by atoms with Gasteiger partial charge in [-0.2, -0.15) is 0 Å². The molecule has 0 unspecified atom stereocenters. The molecule has 0 aromatic heterocycles. The molecule has 0 atom stereocenters. The summed E-state index contributed by atoms with van der Waals surface area (Å²) in [5.74, 6) is 0.567. The van der Waals surface area contributed by atoms with E-state index in [9.17, 15) is 0 Å². The van der Waals surface area contributed by atoms with Crippen LogP contribution in [0.5, 0.6) is 5.75 Å². The summed E-state index contributed by atoms with van der Waals surface area (Å²) < 4.78 is 4.70. The van der Waals surface area contributed by atoms with Gasteiger partial charge in [0.25, 0.3) is 6.26 Å².